The minimum absolute atomic E-state index is 0.367. The fraction of sp³-hybridized carbons (Fsp3) is 0.333. The number of hydrogen-bond acceptors (Lipinski definition) is 2. The Kier molecular flexibility index (Phi) is 4.60. The monoisotopic (exact) mass is 315 g/mol. The van der Waals surface area contributed by atoms with Crippen LogP contribution in [0.2, 0.25) is 10.3 Å². The zero-order valence-electron chi connectivity index (χ0n) is 9.61. The van der Waals surface area contributed by atoms with Gasteiger partial charge in [-0.2, -0.15) is 0 Å². The first-order valence-electron chi connectivity index (χ1n) is 5.55. The SMILES string of the molecule is CCCN=C1NN=C(c2ccc(Cl)cc2)C[Se]1. The van der Waals surface area contributed by atoms with Gasteiger partial charge in [-0.15, -0.1) is 0 Å². The molecule has 90 valence electrons. The number of rotatable bonds is 3. The zero-order chi connectivity index (χ0) is 12.1. The summed E-state index contributed by atoms with van der Waals surface area (Å²) in [5.74, 6) is 0. The van der Waals surface area contributed by atoms with E-state index < -0.39 is 0 Å². The summed E-state index contributed by atoms with van der Waals surface area (Å²) in [5.41, 5.74) is 5.28. The summed E-state index contributed by atoms with van der Waals surface area (Å²) < 4.78 is 1.05. The molecule has 1 aliphatic rings. The van der Waals surface area contributed by atoms with Crippen LogP contribution in [0.15, 0.2) is 34.4 Å². The van der Waals surface area contributed by atoms with Crippen LogP contribution in [0, 0.1) is 0 Å². The molecule has 1 aromatic rings. The molecule has 1 aromatic carbocycles. The van der Waals surface area contributed by atoms with Gasteiger partial charge in [0.1, 0.15) is 0 Å². The standard InChI is InChI=1S/C12H14ClN3Se/c1-2-7-14-12-16-15-11(8-17-12)9-3-5-10(13)6-4-9/h3-6H,2,7-8H2,1H3,(H,14,16). The summed E-state index contributed by atoms with van der Waals surface area (Å²) in [5, 5.41) is 6.12. The van der Waals surface area contributed by atoms with Gasteiger partial charge in [0, 0.05) is 0 Å². The Morgan fingerprint density at radius 1 is 1.41 bits per heavy atom. The molecule has 0 aliphatic carbocycles. The molecule has 0 amide bonds. The van der Waals surface area contributed by atoms with Crippen LogP contribution >= 0.6 is 11.6 Å². The Morgan fingerprint density at radius 2 is 2.18 bits per heavy atom. The molecule has 0 atom stereocenters. The minimum atomic E-state index is 0.367. The van der Waals surface area contributed by atoms with Crippen molar-refractivity contribution in [1.29, 1.82) is 0 Å². The second-order valence-electron chi connectivity index (χ2n) is 3.65. The molecule has 0 unspecified atom stereocenters. The van der Waals surface area contributed by atoms with Crippen molar-refractivity contribution >= 4 is 37.0 Å². The van der Waals surface area contributed by atoms with Gasteiger partial charge in [0.25, 0.3) is 0 Å². The first-order chi connectivity index (χ1) is 8.29. The number of hydrazone groups is 1. The average molecular weight is 315 g/mol. The first-order valence-corrected chi connectivity index (χ1v) is 8.00. The summed E-state index contributed by atoms with van der Waals surface area (Å²) in [6.45, 7) is 3.01. The number of hydrogen-bond donors (Lipinski definition) is 1. The molecule has 5 heteroatoms. The van der Waals surface area contributed by atoms with Crippen molar-refractivity contribution in [2.75, 3.05) is 6.54 Å². The summed E-state index contributed by atoms with van der Waals surface area (Å²) >= 11 is 6.23. The van der Waals surface area contributed by atoms with E-state index in [1.54, 1.807) is 0 Å². The van der Waals surface area contributed by atoms with Crippen molar-refractivity contribution in [3.05, 3.63) is 34.9 Å². The van der Waals surface area contributed by atoms with Crippen LogP contribution < -0.4 is 5.43 Å². The molecule has 3 nitrogen and oxygen atoms in total. The molecule has 0 aromatic heterocycles. The number of halogens is 1. The van der Waals surface area contributed by atoms with Crippen LogP contribution in [0.1, 0.15) is 18.9 Å². The molecule has 1 heterocycles. The van der Waals surface area contributed by atoms with Crippen LogP contribution in [0.4, 0.5) is 0 Å². The zero-order valence-corrected chi connectivity index (χ0v) is 12.1. The number of amidine groups is 1. The van der Waals surface area contributed by atoms with E-state index in [4.69, 9.17) is 11.6 Å². The van der Waals surface area contributed by atoms with Gasteiger partial charge >= 0.3 is 113 Å². The Balaban J connectivity index is 2.05. The molecule has 0 fully saturated rings. The molecule has 2 rings (SSSR count). The average Bonchev–Trinajstić information content (AvgIpc) is 2.38. The first kappa shape index (κ1) is 12.6. The summed E-state index contributed by atoms with van der Waals surface area (Å²) in [4.78, 5) is 4.45. The molecule has 1 aliphatic heterocycles. The van der Waals surface area contributed by atoms with E-state index in [2.05, 4.69) is 22.4 Å². The van der Waals surface area contributed by atoms with Crippen LogP contribution in [-0.2, 0) is 0 Å². The predicted molar refractivity (Wildman–Crippen MR) is 74.3 cm³/mol. The second-order valence-corrected chi connectivity index (χ2v) is 6.11. The van der Waals surface area contributed by atoms with Crippen molar-refractivity contribution in [2.24, 2.45) is 10.1 Å². The normalized spacial score (nSPS) is 17.8. The van der Waals surface area contributed by atoms with Crippen molar-refractivity contribution in [1.82, 2.24) is 5.43 Å². The van der Waals surface area contributed by atoms with Gasteiger partial charge in [-0.25, -0.2) is 0 Å². The Morgan fingerprint density at radius 3 is 2.76 bits per heavy atom. The van der Waals surface area contributed by atoms with Crippen molar-refractivity contribution in [3.8, 4) is 0 Å². The van der Waals surface area contributed by atoms with Crippen molar-refractivity contribution in [2.45, 2.75) is 18.7 Å². The fourth-order valence-corrected chi connectivity index (χ4v) is 3.20. The predicted octanol–water partition coefficient (Wildman–Crippen LogP) is 2.54. The molecular weight excluding hydrogens is 301 g/mol. The third-order valence-corrected chi connectivity index (χ3v) is 4.45. The molecule has 0 bridgehead atoms. The van der Waals surface area contributed by atoms with Gasteiger partial charge in [0.15, 0.2) is 0 Å². The van der Waals surface area contributed by atoms with Crippen LogP contribution in [0.3, 0.4) is 0 Å². The van der Waals surface area contributed by atoms with Crippen molar-refractivity contribution < 1.29 is 0 Å². The topological polar surface area (TPSA) is 36.8 Å². The number of nitrogens with one attached hydrogen (secondary N) is 1. The van der Waals surface area contributed by atoms with E-state index >= 15 is 0 Å². The third-order valence-electron chi connectivity index (χ3n) is 2.29. The van der Waals surface area contributed by atoms with Crippen LogP contribution in [0.25, 0.3) is 0 Å². The second kappa shape index (κ2) is 6.20. The van der Waals surface area contributed by atoms with E-state index in [0.29, 0.717) is 15.0 Å². The van der Waals surface area contributed by atoms with E-state index in [9.17, 15) is 0 Å². The molecule has 0 saturated heterocycles. The quantitative estimate of drug-likeness (QED) is 0.855. The van der Waals surface area contributed by atoms with E-state index in [1.807, 2.05) is 24.3 Å². The Hall–Kier alpha value is -0.831. The van der Waals surface area contributed by atoms with Crippen LogP contribution in [-0.4, -0.2) is 31.9 Å². The maximum atomic E-state index is 5.86. The van der Waals surface area contributed by atoms with Gasteiger partial charge in [-0.3, -0.25) is 0 Å². The van der Waals surface area contributed by atoms with Gasteiger partial charge in [-0.1, -0.05) is 0 Å². The molecule has 0 radical (unpaired) electrons. The molecule has 0 saturated carbocycles. The Bertz CT molecular complexity index is 440. The summed E-state index contributed by atoms with van der Waals surface area (Å²) in [6.07, 6.45) is 1.08. The van der Waals surface area contributed by atoms with Gasteiger partial charge in [0.2, 0.25) is 0 Å². The van der Waals surface area contributed by atoms with E-state index in [-0.39, 0.29) is 0 Å². The Labute approximate surface area is 113 Å². The van der Waals surface area contributed by atoms with Gasteiger partial charge < -0.3 is 0 Å². The third kappa shape index (κ3) is 3.56. The fourth-order valence-electron chi connectivity index (χ4n) is 1.40. The van der Waals surface area contributed by atoms with Crippen molar-refractivity contribution in [3.63, 3.8) is 0 Å². The molecule has 17 heavy (non-hydrogen) atoms. The molecular formula is C12H14ClN3Se. The van der Waals surface area contributed by atoms with Gasteiger partial charge in [-0.05, 0) is 0 Å². The van der Waals surface area contributed by atoms with E-state index in [0.717, 1.165) is 39.3 Å². The van der Waals surface area contributed by atoms with Gasteiger partial charge in [0.05, 0.1) is 0 Å². The maximum absolute atomic E-state index is 5.86. The molecule has 1 N–H and O–H groups in total. The number of benzene rings is 1. The number of aliphatic imine (C=N–C) groups is 1. The van der Waals surface area contributed by atoms with Crippen LogP contribution in [0.5, 0.6) is 0 Å². The summed E-state index contributed by atoms with van der Waals surface area (Å²) in [7, 11) is 0. The van der Waals surface area contributed by atoms with E-state index in [1.165, 1.54) is 0 Å². The number of nitrogens with zero attached hydrogens (tertiary/aromatic N) is 2. The molecule has 0 spiro atoms. The summed E-state index contributed by atoms with van der Waals surface area (Å²) in [6, 6.07) is 7.81.